The number of benzene rings is 1. The van der Waals surface area contributed by atoms with Crippen molar-refractivity contribution in [2.45, 2.75) is 13.8 Å². The van der Waals surface area contributed by atoms with Gasteiger partial charge in [-0.2, -0.15) is 0 Å². The smallest absolute Gasteiger partial charge is 0.337 e. The number of carbonyl (C=O) groups is 1. The minimum Gasteiger partial charge on any atom is -0.478 e. The number of halogens is 1. The third-order valence-electron chi connectivity index (χ3n) is 2.92. The average molecular weight is 336 g/mol. The largest absolute Gasteiger partial charge is 0.478 e. The Kier molecular flexibility index (Phi) is 3.94. The van der Waals surface area contributed by atoms with Crippen LogP contribution in [0.4, 0.5) is 17.2 Å². The van der Waals surface area contributed by atoms with Crippen molar-refractivity contribution in [3.05, 3.63) is 45.6 Å². The standard InChI is InChI=1S/C14H14BrN3O2/c1-7-3-9(15)4-8(2)13(7)18-12-5-10(14(19)20)11(16)6-17-12/h3-6H,16H2,1-2H3,(H,17,18)(H,19,20). The van der Waals surface area contributed by atoms with Crippen LogP contribution in [-0.2, 0) is 0 Å². The van der Waals surface area contributed by atoms with E-state index in [4.69, 9.17) is 10.8 Å². The first-order valence-electron chi connectivity index (χ1n) is 5.91. The number of nitrogens with two attached hydrogens (primary N) is 1. The molecule has 1 heterocycles. The summed E-state index contributed by atoms with van der Waals surface area (Å²) < 4.78 is 0.995. The first kappa shape index (κ1) is 14.3. The molecule has 1 aromatic carbocycles. The average Bonchev–Trinajstić information content (AvgIpc) is 2.35. The first-order chi connectivity index (χ1) is 9.38. The molecule has 0 atom stereocenters. The fourth-order valence-electron chi connectivity index (χ4n) is 1.96. The highest BCUT2D eigenvalue weighted by Gasteiger charge is 2.11. The van der Waals surface area contributed by atoms with Crippen LogP contribution in [0.15, 0.2) is 28.9 Å². The first-order valence-corrected chi connectivity index (χ1v) is 6.70. The van der Waals surface area contributed by atoms with E-state index >= 15 is 0 Å². The Hall–Kier alpha value is -2.08. The lowest BCUT2D eigenvalue weighted by Gasteiger charge is -2.13. The van der Waals surface area contributed by atoms with Gasteiger partial charge in [0.1, 0.15) is 5.82 Å². The van der Waals surface area contributed by atoms with Gasteiger partial charge < -0.3 is 16.2 Å². The number of hydrogen-bond donors (Lipinski definition) is 3. The fourth-order valence-corrected chi connectivity index (χ4v) is 2.64. The van der Waals surface area contributed by atoms with Crippen LogP contribution in [0.2, 0.25) is 0 Å². The molecule has 104 valence electrons. The molecular weight excluding hydrogens is 322 g/mol. The fraction of sp³-hybridized carbons (Fsp3) is 0.143. The number of rotatable bonds is 3. The van der Waals surface area contributed by atoms with Crippen LogP contribution in [0.5, 0.6) is 0 Å². The van der Waals surface area contributed by atoms with E-state index in [0.717, 1.165) is 21.3 Å². The lowest BCUT2D eigenvalue weighted by molar-refractivity contribution is 0.0698. The highest BCUT2D eigenvalue weighted by molar-refractivity contribution is 9.10. The van der Waals surface area contributed by atoms with Crippen molar-refractivity contribution in [2.75, 3.05) is 11.1 Å². The van der Waals surface area contributed by atoms with E-state index in [1.54, 1.807) is 0 Å². The number of aromatic nitrogens is 1. The zero-order valence-corrected chi connectivity index (χ0v) is 12.7. The summed E-state index contributed by atoms with van der Waals surface area (Å²) in [6.07, 6.45) is 1.34. The Morgan fingerprint density at radius 3 is 2.45 bits per heavy atom. The van der Waals surface area contributed by atoms with Crippen LogP contribution in [0.25, 0.3) is 0 Å². The normalized spacial score (nSPS) is 10.3. The summed E-state index contributed by atoms with van der Waals surface area (Å²) in [5.41, 5.74) is 8.74. The number of aryl methyl sites for hydroxylation is 2. The molecule has 20 heavy (non-hydrogen) atoms. The van der Waals surface area contributed by atoms with Gasteiger partial charge in [-0.3, -0.25) is 0 Å². The van der Waals surface area contributed by atoms with Crippen LogP contribution in [0.3, 0.4) is 0 Å². The van der Waals surface area contributed by atoms with Gasteiger partial charge in [0.25, 0.3) is 0 Å². The third kappa shape index (κ3) is 2.91. The Labute approximate surface area is 125 Å². The molecule has 0 bridgehead atoms. The van der Waals surface area contributed by atoms with Gasteiger partial charge in [-0.1, -0.05) is 15.9 Å². The van der Waals surface area contributed by atoms with E-state index in [1.807, 2.05) is 26.0 Å². The van der Waals surface area contributed by atoms with Crippen LogP contribution in [-0.4, -0.2) is 16.1 Å². The van der Waals surface area contributed by atoms with Gasteiger partial charge in [0, 0.05) is 10.2 Å². The van der Waals surface area contributed by atoms with Crippen LogP contribution in [0, 0.1) is 13.8 Å². The molecule has 0 aliphatic heterocycles. The maximum absolute atomic E-state index is 11.1. The SMILES string of the molecule is Cc1cc(Br)cc(C)c1Nc1cc(C(=O)O)c(N)cn1. The Morgan fingerprint density at radius 1 is 1.30 bits per heavy atom. The van der Waals surface area contributed by atoms with Gasteiger partial charge in [0.05, 0.1) is 17.4 Å². The maximum atomic E-state index is 11.1. The van der Waals surface area contributed by atoms with E-state index in [-0.39, 0.29) is 11.3 Å². The van der Waals surface area contributed by atoms with Crippen molar-refractivity contribution >= 4 is 39.1 Å². The minimum atomic E-state index is -1.07. The van der Waals surface area contributed by atoms with Crippen molar-refractivity contribution in [2.24, 2.45) is 0 Å². The quantitative estimate of drug-likeness (QED) is 0.799. The number of pyridine rings is 1. The summed E-state index contributed by atoms with van der Waals surface area (Å²) in [6, 6.07) is 5.38. The summed E-state index contributed by atoms with van der Waals surface area (Å²) in [4.78, 5) is 15.2. The molecule has 0 radical (unpaired) electrons. The highest BCUT2D eigenvalue weighted by atomic mass is 79.9. The lowest BCUT2D eigenvalue weighted by Crippen LogP contribution is -2.06. The number of nitrogen functional groups attached to an aromatic ring is 1. The van der Waals surface area contributed by atoms with E-state index < -0.39 is 5.97 Å². The molecule has 0 aliphatic rings. The van der Waals surface area contributed by atoms with Gasteiger partial charge in [-0.05, 0) is 43.2 Å². The molecule has 1 aromatic heterocycles. The number of hydrogen-bond acceptors (Lipinski definition) is 4. The molecule has 4 N–H and O–H groups in total. The van der Waals surface area contributed by atoms with Crippen molar-refractivity contribution in [1.29, 1.82) is 0 Å². The van der Waals surface area contributed by atoms with Crippen LogP contribution in [0.1, 0.15) is 21.5 Å². The monoisotopic (exact) mass is 335 g/mol. The van der Waals surface area contributed by atoms with E-state index in [2.05, 4.69) is 26.2 Å². The number of carboxylic acid groups (broad SMARTS) is 1. The Balaban J connectivity index is 2.41. The summed E-state index contributed by atoms with van der Waals surface area (Å²) in [5, 5.41) is 12.2. The van der Waals surface area contributed by atoms with Crippen molar-refractivity contribution in [3.63, 3.8) is 0 Å². The molecule has 0 aliphatic carbocycles. The molecule has 5 nitrogen and oxygen atoms in total. The zero-order valence-electron chi connectivity index (χ0n) is 11.1. The molecule has 0 amide bonds. The summed E-state index contributed by atoms with van der Waals surface area (Å²) >= 11 is 3.44. The van der Waals surface area contributed by atoms with E-state index in [9.17, 15) is 4.79 Å². The zero-order chi connectivity index (χ0) is 14.9. The third-order valence-corrected chi connectivity index (χ3v) is 3.37. The van der Waals surface area contributed by atoms with Crippen molar-refractivity contribution in [3.8, 4) is 0 Å². The molecule has 2 rings (SSSR count). The number of nitrogens with zero attached hydrogens (tertiary/aromatic N) is 1. The topological polar surface area (TPSA) is 88.2 Å². The molecule has 0 saturated heterocycles. The second-order valence-electron chi connectivity index (χ2n) is 4.50. The molecule has 0 unspecified atom stereocenters. The molecule has 0 spiro atoms. The molecule has 2 aromatic rings. The summed E-state index contributed by atoms with van der Waals surface area (Å²) in [5.74, 6) is -0.623. The van der Waals surface area contributed by atoms with Gasteiger partial charge in [-0.25, -0.2) is 9.78 Å². The molecule has 6 heteroatoms. The lowest BCUT2D eigenvalue weighted by atomic mass is 10.1. The van der Waals surface area contributed by atoms with Crippen LogP contribution < -0.4 is 11.1 Å². The Morgan fingerprint density at radius 2 is 1.90 bits per heavy atom. The Bertz CT molecular complexity index is 663. The van der Waals surface area contributed by atoms with E-state index in [1.165, 1.54) is 12.3 Å². The predicted octanol–water partition coefficient (Wildman–Crippen LogP) is 3.48. The van der Waals surface area contributed by atoms with Gasteiger partial charge >= 0.3 is 5.97 Å². The second kappa shape index (κ2) is 5.50. The molecule has 0 saturated carbocycles. The highest BCUT2D eigenvalue weighted by Crippen LogP contribution is 2.28. The van der Waals surface area contributed by atoms with Gasteiger partial charge in [-0.15, -0.1) is 0 Å². The second-order valence-corrected chi connectivity index (χ2v) is 5.42. The van der Waals surface area contributed by atoms with Crippen LogP contribution >= 0.6 is 15.9 Å². The number of nitrogens with one attached hydrogen (secondary N) is 1. The molecular formula is C14H14BrN3O2. The maximum Gasteiger partial charge on any atom is 0.337 e. The number of aromatic carboxylic acids is 1. The van der Waals surface area contributed by atoms with Crippen molar-refractivity contribution in [1.82, 2.24) is 4.98 Å². The van der Waals surface area contributed by atoms with Crippen molar-refractivity contribution < 1.29 is 9.90 Å². The number of anilines is 3. The summed E-state index contributed by atoms with van der Waals surface area (Å²) in [7, 11) is 0. The van der Waals surface area contributed by atoms with Gasteiger partial charge in [0.15, 0.2) is 0 Å². The van der Waals surface area contributed by atoms with E-state index in [0.29, 0.717) is 5.82 Å². The minimum absolute atomic E-state index is 0.0370. The summed E-state index contributed by atoms with van der Waals surface area (Å²) in [6.45, 7) is 3.94. The predicted molar refractivity (Wildman–Crippen MR) is 82.5 cm³/mol. The van der Waals surface area contributed by atoms with Gasteiger partial charge in [0.2, 0.25) is 0 Å². The number of carboxylic acids is 1. The molecule has 0 fully saturated rings.